The van der Waals surface area contributed by atoms with Gasteiger partial charge in [-0.1, -0.05) is 20.8 Å². The van der Waals surface area contributed by atoms with Crippen molar-refractivity contribution in [2.24, 2.45) is 5.92 Å². The van der Waals surface area contributed by atoms with E-state index < -0.39 is 0 Å². The maximum absolute atomic E-state index is 12.3. The van der Waals surface area contributed by atoms with Crippen molar-refractivity contribution >= 4 is 17.7 Å². The molecule has 0 radical (unpaired) electrons. The molecule has 2 aliphatic heterocycles. The van der Waals surface area contributed by atoms with Crippen LogP contribution in [0.5, 0.6) is 0 Å². The number of rotatable bonds is 4. The van der Waals surface area contributed by atoms with Gasteiger partial charge in [0, 0.05) is 11.8 Å². The Hall–Kier alpha value is -0.220. The van der Waals surface area contributed by atoms with Crippen molar-refractivity contribution in [3.05, 3.63) is 0 Å². The summed E-state index contributed by atoms with van der Waals surface area (Å²) in [6, 6.07) is 0.0498. The molecule has 0 saturated carbocycles. The normalized spacial score (nSPS) is 34.0. The summed E-state index contributed by atoms with van der Waals surface area (Å²) in [4.78, 5) is 14.4. The predicted molar refractivity (Wildman–Crippen MR) is 73.0 cm³/mol. The third-order valence-corrected chi connectivity index (χ3v) is 5.13. The second-order valence-corrected chi connectivity index (χ2v) is 6.85. The Morgan fingerprint density at radius 1 is 1.53 bits per heavy atom. The Morgan fingerprint density at radius 2 is 2.29 bits per heavy atom. The summed E-state index contributed by atoms with van der Waals surface area (Å²) < 4.78 is 0. The molecule has 98 valence electrons. The molecule has 17 heavy (non-hydrogen) atoms. The lowest BCUT2D eigenvalue weighted by molar-refractivity contribution is -0.130. The smallest absolute Gasteiger partial charge is 0.241 e. The number of carbonyl (C=O) groups is 1. The largest absolute Gasteiger partial charge is 0.324 e. The fourth-order valence-corrected chi connectivity index (χ4v) is 4.03. The first kappa shape index (κ1) is 13.2. The summed E-state index contributed by atoms with van der Waals surface area (Å²) in [5, 5.41) is 4.15. The number of nitrogens with one attached hydrogen (secondary N) is 1. The molecule has 1 N–H and O–H groups in total. The van der Waals surface area contributed by atoms with Gasteiger partial charge in [-0.2, -0.15) is 11.8 Å². The molecule has 0 aromatic rings. The molecule has 4 heteroatoms. The molecule has 1 amide bonds. The lowest BCUT2D eigenvalue weighted by Crippen LogP contribution is -2.44. The summed E-state index contributed by atoms with van der Waals surface area (Å²) >= 11 is 2.03. The van der Waals surface area contributed by atoms with Crippen molar-refractivity contribution in [1.29, 1.82) is 0 Å². The van der Waals surface area contributed by atoms with E-state index >= 15 is 0 Å². The lowest BCUT2D eigenvalue weighted by Gasteiger charge is -2.29. The molecule has 0 aromatic heterocycles. The van der Waals surface area contributed by atoms with Crippen LogP contribution < -0.4 is 5.32 Å². The summed E-state index contributed by atoms with van der Waals surface area (Å²) in [7, 11) is 0. The first-order valence-corrected chi connectivity index (χ1v) is 7.86. The highest BCUT2D eigenvalue weighted by Crippen LogP contribution is 2.29. The van der Waals surface area contributed by atoms with E-state index in [1.54, 1.807) is 0 Å². The second kappa shape index (κ2) is 5.61. The van der Waals surface area contributed by atoms with Gasteiger partial charge in [0.1, 0.15) is 0 Å². The Balaban J connectivity index is 2.02. The first-order chi connectivity index (χ1) is 8.13. The van der Waals surface area contributed by atoms with E-state index in [2.05, 4.69) is 31.0 Å². The zero-order chi connectivity index (χ0) is 12.4. The topological polar surface area (TPSA) is 32.3 Å². The highest BCUT2D eigenvalue weighted by atomic mass is 32.2. The zero-order valence-corrected chi connectivity index (χ0v) is 11.9. The van der Waals surface area contributed by atoms with Crippen LogP contribution in [0, 0.1) is 5.92 Å². The van der Waals surface area contributed by atoms with Crippen molar-refractivity contribution < 1.29 is 4.79 Å². The van der Waals surface area contributed by atoms with Gasteiger partial charge in [0.15, 0.2) is 0 Å². The summed E-state index contributed by atoms with van der Waals surface area (Å²) in [5.74, 6) is 2.07. The number of amides is 1. The summed E-state index contributed by atoms with van der Waals surface area (Å²) in [5.41, 5.74) is 0. The van der Waals surface area contributed by atoms with Gasteiger partial charge < -0.3 is 4.90 Å². The van der Waals surface area contributed by atoms with Crippen LogP contribution in [0.2, 0.25) is 0 Å². The van der Waals surface area contributed by atoms with Crippen LogP contribution in [-0.2, 0) is 4.79 Å². The molecule has 2 fully saturated rings. The van der Waals surface area contributed by atoms with Gasteiger partial charge in [-0.15, -0.1) is 0 Å². The quantitative estimate of drug-likeness (QED) is 0.836. The SMILES string of the molecule is CCC1NC(C(C)C)N(CC2CCCS2)C1=O. The molecule has 3 unspecified atom stereocenters. The van der Waals surface area contributed by atoms with E-state index in [9.17, 15) is 4.79 Å². The first-order valence-electron chi connectivity index (χ1n) is 6.81. The van der Waals surface area contributed by atoms with Gasteiger partial charge >= 0.3 is 0 Å². The highest BCUT2D eigenvalue weighted by Gasteiger charge is 2.40. The molecule has 3 atom stereocenters. The van der Waals surface area contributed by atoms with Gasteiger partial charge in [-0.3, -0.25) is 10.1 Å². The van der Waals surface area contributed by atoms with Crippen molar-refractivity contribution in [3.8, 4) is 0 Å². The van der Waals surface area contributed by atoms with Crippen LogP contribution in [0.3, 0.4) is 0 Å². The monoisotopic (exact) mass is 256 g/mol. The van der Waals surface area contributed by atoms with Crippen molar-refractivity contribution in [3.63, 3.8) is 0 Å². The van der Waals surface area contributed by atoms with E-state index in [1.165, 1.54) is 18.6 Å². The molecule has 3 nitrogen and oxygen atoms in total. The van der Waals surface area contributed by atoms with Crippen LogP contribution in [-0.4, -0.2) is 40.6 Å². The fraction of sp³-hybridized carbons (Fsp3) is 0.923. The summed E-state index contributed by atoms with van der Waals surface area (Å²) in [6.07, 6.45) is 3.73. The Kier molecular flexibility index (Phi) is 4.36. The summed E-state index contributed by atoms with van der Waals surface area (Å²) in [6.45, 7) is 7.41. The van der Waals surface area contributed by atoms with Crippen LogP contribution in [0.1, 0.15) is 40.0 Å². The van der Waals surface area contributed by atoms with E-state index in [0.717, 1.165) is 13.0 Å². The maximum atomic E-state index is 12.3. The maximum Gasteiger partial charge on any atom is 0.241 e. The minimum atomic E-state index is 0.0498. The number of thioether (sulfide) groups is 1. The highest BCUT2D eigenvalue weighted by molar-refractivity contribution is 8.00. The minimum Gasteiger partial charge on any atom is -0.324 e. The van der Waals surface area contributed by atoms with Gasteiger partial charge in [0.05, 0.1) is 12.2 Å². The van der Waals surface area contributed by atoms with E-state index in [4.69, 9.17) is 0 Å². The van der Waals surface area contributed by atoms with Crippen molar-refractivity contribution in [2.75, 3.05) is 12.3 Å². The molecule has 2 saturated heterocycles. The van der Waals surface area contributed by atoms with E-state index in [0.29, 0.717) is 17.1 Å². The van der Waals surface area contributed by atoms with Crippen LogP contribution >= 0.6 is 11.8 Å². The van der Waals surface area contributed by atoms with Gasteiger partial charge in [-0.05, 0) is 30.9 Å². The van der Waals surface area contributed by atoms with Crippen molar-refractivity contribution in [1.82, 2.24) is 10.2 Å². The van der Waals surface area contributed by atoms with Crippen LogP contribution in [0.25, 0.3) is 0 Å². The molecule has 0 aromatic carbocycles. The standard InChI is InChI=1S/C13H24N2OS/c1-4-11-13(16)15(12(14-11)9(2)3)8-10-6-5-7-17-10/h9-12,14H,4-8H2,1-3H3. The third kappa shape index (κ3) is 2.79. The molecular weight excluding hydrogens is 232 g/mol. The third-order valence-electron chi connectivity index (χ3n) is 3.75. The molecule has 2 aliphatic rings. The number of nitrogens with zero attached hydrogens (tertiary/aromatic N) is 1. The molecule has 0 aliphatic carbocycles. The molecule has 2 rings (SSSR count). The van der Waals surface area contributed by atoms with E-state index in [-0.39, 0.29) is 12.2 Å². The molecule has 0 bridgehead atoms. The lowest BCUT2D eigenvalue weighted by atomic mass is 10.1. The Bertz CT molecular complexity index is 277. The number of hydrogen-bond donors (Lipinski definition) is 1. The number of carbonyl (C=O) groups excluding carboxylic acids is 1. The Morgan fingerprint density at radius 3 is 2.82 bits per heavy atom. The minimum absolute atomic E-state index is 0.0498. The van der Waals surface area contributed by atoms with Gasteiger partial charge in [0.2, 0.25) is 5.91 Å². The zero-order valence-electron chi connectivity index (χ0n) is 11.1. The molecular formula is C13H24N2OS. The fourth-order valence-electron chi connectivity index (χ4n) is 2.76. The van der Waals surface area contributed by atoms with E-state index in [1.807, 2.05) is 11.8 Å². The van der Waals surface area contributed by atoms with Gasteiger partial charge in [0.25, 0.3) is 0 Å². The second-order valence-electron chi connectivity index (χ2n) is 5.44. The number of hydrogen-bond acceptors (Lipinski definition) is 3. The molecule has 0 spiro atoms. The Labute approximate surface area is 109 Å². The van der Waals surface area contributed by atoms with Crippen molar-refractivity contribution in [2.45, 2.75) is 57.5 Å². The average molecular weight is 256 g/mol. The van der Waals surface area contributed by atoms with Crippen LogP contribution in [0.15, 0.2) is 0 Å². The average Bonchev–Trinajstić information content (AvgIpc) is 2.89. The van der Waals surface area contributed by atoms with Gasteiger partial charge in [-0.25, -0.2) is 0 Å². The molecule has 2 heterocycles. The predicted octanol–water partition coefficient (Wildman–Crippen LogP) is 2.07. The van der Waals surface area contributed by atoms with Crippen LogP contribution in [0.4, 0.5) is 0 Å².